The summed E-state index contributed by atoms with van der Waals surface area (Å²) in [5.74, 6) is 4.84. The number of nitrogens with zero attached hydrogens (tertiary/aromatic N) is 2. The maximum atomic E-state index is 12.9. The number of anilines is 1. The van der Waals surface area contributed by atoms with E-state index in [4.69, 9.17) is 5.84 Å². The van der Waals surface area contributed by atoms with E-state index in [1.54, 1.807) is 6.92 Å². The number of aromatic nitrogens is 2. The normalized spacial score (nSPS) is 12.9. The van der Waals surface area contributed by atoms with E-state index in [1.807, 2.05) is 0 Å². The summed E-state index contributed by atoms with van der Waals surface area (Å²) in [6.45, 7) is 1.65. The minimum atomic E-state index is -3.78. The van der Waals surface area contributed by atoms with Crippen molar-refractivity contribution in [3.8, 4) is 0 Å². The van der Waals surface area contributed by atoms with Crippen LogP contribution in [0.25, 0.3) is 0 Å². The average molecular weight is 311 g/mol. The molecule has 0 radical (unpaired) electrons. The molecule has 0 aliphatic rings. The van der Waals surface area contributed by atoms with Crippen molar-refractivity contribution in [2.45, 2.75) is 17.9 Å². The molecule has 1 aromatic carbocycles. The molecule has 2 aromatic rings. The Balaban J connectivity index is 2.17. The number of nitrogen functional groups attached to an aromatic ring is 1. The van der Waals surface area contributed by atoms with Gasteiger partial charge in [-0.05, 0) is 24.6 Å². The number of hydrogen-bond donors (Lipinski definition) is 3. The first-order valence-electron chi connectivity index (χ1n) is 5.99. The molecule has 7 nitrogen and oxygen atoms in total. The minimum Gasteiger partial charge on any atom is -0.292 e. The second-order valence-corrected chi connectivity index (χ2v) is 6.00. The van der Waals surface area contributed by atoms with Gasteiger partial charge in [0.15, 0.2) is 0 Å². The molecular formula is C12H14FN5O2S. The summed E-state index contributed by atoms with van der Waals surface area (Å²) < 4.78 is 39.6. The molecule has 0 spiro atoms. The Kier molecular flexibility index (Phi) is 4.46. The molecule has 0 aliphatic carbocycles. The zero-order valence-corrected chi connectivity index (χ0v) is 11.9. The van der Waals surface area contributed by atoms with Crippen LogP contribution < -0.4 is 16.0 Å². The number of nitrogens with two attached hydrogens (primary N) is 1. The highest BCUT2D eigenvalue weighted by Gasteiger charge is 2.19. The zero-order valence-electron chi connectivity index (χ0n) is 11.1. The number of hydrazine groups is 1. The zero-order chi connectivity index (χ0) is 15.5. The van der Waals surface area contributed by atoms with Crippen molar-refractivity contribution in [1.29, 1.82) is 0 Å². The summed E-state index contributed by atoms with van der Waals surface area (Å²) in [6.07, 6.45) is 2.28. The first-order chi connectivity index (χ1) is 9.92. The molecule has 0 fully saturated rings. The topological polar surface area (TPSA) is 110 Å². The van der Waals surface area contributed by atoms with Gasteiger partial charge in [0.25, 0.3) is 0 Å². The highest BCUT2D eigenvalue weighted by atomic mass is 32.2. The molecule has 21 heavy (non-hydrogen) atoms. The van der Waals surface area contributed by atoms with Gasteiger partial charge < -0.3 is 0 Å². The average Bonchev–Trinajstić information content (AvgIpc) is 2.47. The van der Waals surface area contributed by atoms with Crippen LogP contribution in [0, 0.1) is 5.82 Å². The van der Waals surface area contributed by atoms with Gasteiger partial charge >= 0.3 is 0 Å². The predicted molar refractivity (Wildman–Crippen MR) is 75.0 cm³/mol. The van der Waals surface area contributed by atoms with Crippen LogP contribution in [0.3, 0.4) is 0 Å². The fraction of sp³-hybridized carbons (Fsp3) is 0.167. The number of nitrogens with one attached hydrogen (secondary N) is 2. The lowest BCUT2D eigenvalue weighted by molar-refractivity contribution is 0.565. The van der Waals surface area contributed by atoms with Crippen LogP contribution in [-0.4, -0.2) is 18.4 Å². The van der Waals surface area contributed by atoms with Crippen LogP contribution in [0.15, 0.2) is 41.6 Å². The molecule has 2 rings (SSSR count). The van der Waals surface area contributed by atoms with Crippen LogP contribution in [0.4, 0.5) is 10.3 Å². The highest BCUT2D eigenvalue weighted by molar-refractivity contribution is 7.89. The summed E-state index contributed by atoms with van der Waals surface area (Å²) in [4.78, 5) is 7.39. The third kappa shape index (κ3) is 3.72. The third-order valence-electron chi connectivity index (χ3n) is 2.77. The van der Waals surface area contributed by atoms with Crippen LogP contribution in [0.1, 0.15) is 18.5 Å². The van der Waals surface area contributed by atoms with Crippen molar-refractivity contribution in [3.05, 3.63) is 48.0 Å². The summed E-state index contributed by atoms with van der Waals surface area (Å²) in [6, 6.07) is 5.04. The molecule has 1 unspecified atom stereocenters. The smallest absolute Gasteiger partial charge is 0.244 e. The van der Waals surface area contributed by atoms with Gasteiger partial charge in [0.2, 0.25) is 16.0 Å². The second-order valence-electron chi connectivity index (χ2n) is 4.28. The fourth-order valence-corrected chi connectivity index (χ4v) is 2.77. The molecule has 0 saturated heterocycles. The van der Waals surface area contributed by atoms with E-state index in [-0.39, 0.29) is 16.7 Å². The van der Waals surface area contributed by atoms with Crippen molar-refractivity contribution < 1.29 is 12.8 Å². The largest absolute Gasteiger partial charge is 0.292 e. The first-order valence-corrected chi connectivity index (χ1v) is 7.47. The van der Waals surface area contributed by atoms with Crippen LogP contribution in [-0.2, 0) is 10.0 Å². The molecular weight excluding hydrogens is 297 g/mol. The number of benzene rings is 1. The van der Waals surface area contributed by atoms with Crippen molar-refractivity contribution in [2.75, 3.05) is 5.43 Å². The molecule has 0 amide bonds. The lowest BCUT2D eigenvalue weighted by Gasteiger charge is -2.14. The Morgan fingerprint density at radius 2 is 1.76 bits per heavy atom. The van der Waals surface area contributed by atoms with Gasteiger partial charge in [0.1, 0.15) is 10.7 Å². The first kappa shape index (κ1) is 15.3. The van der Waals surface area contributed by atoms with Crippen LogP contribution in [0.2, 0.25) is 0 Å². The van der Waals surface area contributed by atoms with Crippen LogP contribution in [0.5, 0.6) is 0 Å². The SMILES string of the molecule is CC(NS(=O)(=O)c1cnc(NN)nc1)c1ccc(F)cc1. The summed E-state index contributed by atoms with van der Waals surface area (Å²) in [7, 11) is -3.78. The lowest BCUT2D eigenvalue weighted by Crippen LogP contribution is -2.27. The van der Waals surface area contributed by atoms with E-state index in [0.29, 0.717) is 5.56 Å². The molecule has 0 saturated carbocycles. The molecule has 4 N–H and O–H groups in total. The van der Waals surface area contributed by atoms with Crippen molar-refractivity contribution >= 4 is 16.0 Å². The number of hydrogen-bond acceptors (Lipinski definition) is 6. The molecule has 112 valence electrons. The Hall–Kier alpha value is -2.10. The molecule has 1 heterocycles. The molecule has 0 bridgehead atoms. The monoisotopic (exact) mass is 311 g/mol. The van der Waals surface area contributed by atoms with Gasteiger partial charge in [-0.1, -0.05) is 12.1 Å². The molecule has 1 aromatic heterocycles. The summed E-state index contributed by atoms with van der Waals surface area (Å²) in [5, 5.41) is 0. The number of halogens is 1. The highest BCUT2D eigenvalue weighted by Crippen LogP contribution is 2.16. The quantitative estimate of drug-likeness (QED) is 0.560. The predicted octanol–water partition coefficient (Wildman–Crippen LogP) is 0.941. The fourth-order valence-electron chi connectivity index (χ4n) is 1.65. The second kappa shape index (κ2) is 6.12. The van der Waals surface area contributed by atoms with Gasteiger partial charge in [-0.25, -0.2) is 33.3 Å². The Labute approximate surface area is 121 Å². The number of sulfonamides is 1. The minimum absolute atomic E-state index is 0.0875. The van der Waals surface area contributed by atoms with Crippen molar-refractivity contribution in [3.63, 3.8) is 0 Å². The third-order valence-corrected chi connectivity index (χ3v) is 4.26. The Morgan fingerprint density at radius 3 is 2.29 bits per heavy atom. The Bertz CT molecular complexity index is 703. The van der Waals surface area contributed by atoms with Gasteiger partial charge in [-0.3, -0.25) is 5.43 Å². The molecule has 9 heteroatoms. The lowest BCUT2D eigenvalue weighted by atomic mass is 10.1. The molecule has 1 atom stereocenters. The van der Waals surface area contributed by atoms with E-state index in [0.717, 1.165) is 12.4 Å². The Morgan fingerprint density at radius 1 is 1.19 bits per heavy atom. The van der Waals surface area contributed by atoms with E-state index < -0.39 is 16.1 Å². The van der Waals surface area contributed by atoms with Gasteiger partial charge in [0, 0.05) is 6.04 Å². The van der Waals surface area contributed by atoms with Crippen molar-refractivity contribution in [2.24, 2.45) is 5.84 Å². The van der Waals surface area contributed by atoms with E-state index in [9.17, 15) is 12.8 Å². The van der Waals surface area contributed by atoms with E-state index >= 15 is 0 Å². The van der Waals surface area contributed by atoms with E-state index in [2.05, 4.69) is 20.1 Å². The van der Waals surface area contributed by atoms with Crippen LogP contribution >= 0.6 is 0 Å². The number of rotatable bonds is 5. The van der Waals surface area contributed by atoms with Crippen molar-refractivity contribution in [1.82, 2.24) is 14.7 Å². The summed E-state index contributed by atoms with van der Waals surface area (Å²) in [5.41, 5.74) is 2.84. The maximum absolute atomic E-state index is 12.9. The van der Waals surface area contributed by atoms with E-state index in [1.165, 1.54) is 24.3 Å². The molecule has 0 aliphatic heterocycles. The van der Waals surface area contributed by atoms with Gasteiger partial charge in [0.05, 0.1) is 12.4 Å². The summed E-state index contributed by atoms with van der Waals surface area (Å²) >= 11 is 0. The van der Waals surface area contributed by atoms with Gasteiger partial charge in [-0.15, -0.1) is 0 Å². The maximum Gasteiger partial charge on any atom is 0.244 e. The standard InChI is InChI=1S/C12H14FN5O2S/c1-8(9-2-4-10(13)5-3-9)18-21(19,20)11-6-15-12(17-14)16-7-11/h2-8,18H,14H2,1H3,(H,15,16,17). The van der Waals surface area contributed by atoms with Gasteiger partial charge in [-0.2, -0.15) is 0 Å².